The van der Waals surface area contributed by atoms with E-state index in [0.29, 0.717) is 0 Å². The Labute approximate surface area is 205 Å². The van der Waals surface area contributed by atoms with Crippen LogP contribution >= 0.6 is 0 Å². The molecule has 0 aliphatic heterocycles. The first kappa shape index (κ1) is 29.4. The van der Waals surface area contributed by atoms with Gasteiger partial charge >= 0.3 is 5.97 Å². The number of carboxylic acid groups (broad SMARTS) is 1. The molecule has 3 N–H and O–H groups in total. The van der Waals surface area contributed by atoms with Crippen LogP contribution in [0.2, 0.25) is 0 Å². The summed E-state index contributed by atoms with van der Waals surface area (Å²) in [6.07, 6.45) is 1.60. The standard InChI is InChI=1S/C27H43N3O4/c1-17(2)20(16-18(3)25(33)34)30(10)24(32)22(26(4,5)6)29-23(31)21(28-9)27(7,8)19-14-12-11-13-15-19/h11-17,20-22,28H,1-10H3,(H,29,31)(H,33,34)/t20?,21?,22-/m1/s1. The second-order valence-corrected chi connectivity index (χ2v) is 11.0. The van der Waals surface area contributed by atoms with Crippen molar-refractivity contribution in [1.29, 1.82) is 0 Å². The Balaban J connectivity index is 3.29. The molecule has 1 aromatic carbocycles. The number of rotatable bonds is 10. The Morgan fingerprint density at radius 3 is 1.94 bits per heavy atom. The highest BCUT2D eigenvalue weighted by Crippen LogP contribution is 2.29. The fourth-order valence-corrected chi connectivity index (χ4v) is 4.16. The monoisotopic (exact) mass is 473 g/mol. The number of aliphatic carboxylic acids is 1. The van der Waals surface area contributed by atoms with Gasteiger partial charge in [0, 0.05) is 18.0 Å². The maximum atomic E-state index is 13.7. The normalized spacial score (nSPS) is 15.4. The van der Waals surface area contributed by atoms with Crippen LogP contribution in [-0.4, -0.2) is 60.0 Å². The van der Waals surface area contributed by atoms with Gasteiger partial charge in [-0.1, -0.05) is 84.9 Å². The molecule has 0 aliphatic carbocycles. The van der Waals surface area contributed by atoms with Crippen LogP contribution in [0.3, 0.4) is 0 Å². The predicted molar refractivity (Wildman–Crippen MR) is 136 cm³/mol. The van der Waals surface area contributed by atoms with E-state index < -0.39 is 34.9 Å². The van der Waals surface area contributed by atoms with Gasteiger partial charge in [0.25, 0.3) is 0 Å². The van der Waals surface area contributed by atoms with Crippen LogP contribution in [0.4, 0.5) is 0 Å². The smallest absolute Gasteiger partial charge is 0.331 e. The van der Waals surface area contributed by atoms with Crippen LogP contribution in [0.25, 0.3) is 0 Å². The number of nitrogens with zero attached hydrogens (tertiary/aromatic N) is 1. The average molecular weight is 474 g/mol. The fourth-order valence-electron chi connectivity index (χ4n) is 4.16. The number of amides is 2. The summed E-state index contributed by atoms with van der Waals surface area (Å²) in [5, 5.41) is 15.5. The summed E-state index contributed by atoms with van der Waals surface area (Å²) in [7, 11) is 3.40. The number of nitrogens with one attached hydrogen (secondary N) is 2. The zero-order valence-corrected chi connectivity index (χ0v) is 22.4. The Bertz CT molecular complexity index is 885. The third kappa shape index (κ3) is 7.16. The summed E-state index contributed by atoms with van der Waals surface area (Å²) < 4.78 is 0. The topological polar surface area (TPSA) is 98.7 Å². The second kappa shape index (κ2) is 11.6. The van der Waals surface area contributed by atoms with Crippen LogP contribution in [0.5, 0.6) is 0 Å². The molecule has 1 aromatic rings. The molecule has 2 amide bonds. The number of likely N-dealkylation sites (N-methyl/N-ethyl adjacent to an activating group) is 2. The minimum Gasteiger partial charge on any atom is -0.478 e. The van der Waals surface area contributed by atoms with Gasteiger partial charge in [-0.2, -0.15) is 0 Å². The molecule has 0 aromatic heterocycles. The van der Waals surface area contributed by atoms with Gasteiger partial charge in [-0.05, 0) is 30.9 Å². The lowest BCUT2D eigenvalue weighted by molar-refractivity contribution is -0.141. The predicted octanol–water partition coefficient (Wildman–Crippen LogP) is 3.60. The summed E-state index contributed by atoms with van der Waals surface area (Å²) >= 11 is 0. The summed E-state index contributed by atoms with van der Waals surface area (Å²) in [5.41, 5.74) is 0.0895. The molecule has 0 saturated heterocycles. The lowest BCUT2D eigenvalue weighted by Gasteiger charge is -2.39. The minimum absolute atomic E-state index is 0.0124. The van der Waals surface area contributed by atoms with Gasteiger partial charge in [0.05, 0.1) is 12.1 Å². The van der Waals surface area contributed by atoms with Gasteiger partial charge in [0.15, 0.2) is 0 Å². The lowest BCUT2D eigenvalue weighted by Crippen LogP contribution is -2.61. The molecule has 2 unspecified atom stereocenters. The molecule has 0 spiro atoms. The highest BCUT2D eigenvalue weighted by molar-refractivity contribution is 5.91. The molecule has 0 fully saturated rings. The van der Waals surface area contributed by atoms with Crippen molar-refractivity contribution in [3.8, 4) is 0 Å². The van der Waals surface area contributed by atoms with E-state index in [9.17, 15) is 19.5 Å². The van der Waals surface area contributed by atoms with Crippen molar-refractivity contribution >= 4 is 17.8 Å². The molecular weight excluding hydrogens is 430 g/mol. The number of carboxylic acids is 1. The molecular formula is C27H43N3O4. The maximum Gasteiger partial charge on any atom is 0.331 e. The Hall–Kier alpha value is -2.67. The summed E-state index contributed by atoms with van der Waals surface area (Å²) in [6, 6.07) is 7.99. The van der Waals surface area contributed by atoms with Gasteiger partial charge in [0.2, 0.25) is 11.8 Å². The van der Waals surface area contributed by atoms with E-state index in [2.05, 4.69) is 10.6 Å². The molecule has 0 radical (unpaired) electrons. The maximum absolute atomic E-state index is 13.7. The third-order valence-corrected chi connectivity index (χ3v) is 6.43. The van der Waals surface area contributed by atoms with Crippen molar-refractivity contribution in [3.05, 3.63) is 47.5 Å². The molecule has 7 nitrogen and oxygen atoms in total. The quantitative estimate of drug-likeness (QED) is 0.451. The molecule has 7 heteroatoms. The van der Waals surface area contributed by atoms with E-state index in [1.165, 1.54) is 6.92 Å². The number of hydrogen-bond donors (Lipinski definition) is 3. The first-order chi connectivity index (χ1) is 15.5. The Kier molecular flexibility index (Phi) is 10.1. The minimum atomic E-state index is -1.02. The van der Waals surface area contributed by atoms with Gasteiger partial charge in [-0.15, -0.1) is 0 Å². The summed E-state index contributed by atoms with van der Waals surface area (Å²) in [5.74, 6) is -1.56. The number of carbonyl (C=O) groups is 3. The molecule has 1 rings (SSSR count). The molecule has 0 bridgehead atoms. The Morgan fingerprint density at radius 1 is 1.00 bits per heavy atom. The van der Waals surface area contributed by atoms with Crippen molar-refractivity contribution in [2.45, 2.75) is 78.9 Å². The lowest BCUT2D eigenvalue weighted by atomic mass is 9.76. The third-order valence-electron chi connectivity index (χ3n) is 6.43. The highest BCUT2D eigenvalue weighted by atomic mass is 16.4. The first-order valence-corrected chi connectivity index (χ1v) is 11.8. The van der Waals surface area contributed by atoms with E-state index in [4.69, 9.17) is 0 Å². The molecule has 0 aliphatic rings. The van der Waals surface area contributed by atoms with Crippen molar-refractivity contribution in [3.63, 3.8) is 0 Å². The average Bonchev–Trinajstić information content (AvgIpc) is 2.74. The zero-order valence-electron chi connectivity index (χ0n) is 22.4. The number of carbonyl (C=O) groups excluding carboxylic acids is 2. The number of hydrogen-bond acceptors (Lipinski definition) is 4. The van der Waals surface area contributed by atoms with Crippen LogP contribution in [0, 0.1) is 11.3 Å². The molecule has 3 atom stereocenters. The van der Waals surface area contributed by atoms with Gasteiger partial charge in [-0.25, -0.2) is 4.79 Å². The van der Waals surface area contributed by atoms with E-state index in [0.717, 1.165) is 5.56 Å². The first-order valence-electron chi connectivity index (χ1n) is 11.8. The van der Waals surface area contributed by atoms with Crippen LogP contribution in [-0.2, 0) is 19.8 Å². The van der Waals surface area contributed by atoms with E-state index in [-0.39, 0.29) is 23.3 Å². The van der Waals surface area contributed by atoms with Crippen molar-refractivity contribution in [1.82, 2.24) is 15.5 Å². The molecule has 190 valence electrons. The van der Waals surface area contributed by atoms with Crippen LogP contribution in [0.1, 0.15) is 61.0 Å². The van der Waals surface area contributed by atoms with Gasteiger partial charge in [0.1, 0.15) is 6.04 Å². The largest absolute Gasteiger partial charge is 0.478 e. The van der Waals surface area contributed by atoms with E-state index in [1.807, 2.05) is 78.8 Å². The van der Waals surface area contributed by atoms with Crippen molar-refractivity contribution in [2.24, 2.45) is 11.3 Å². The molecule has 34 heavy (non-hydrogen) atoms. The molecule has 0 heterocycles. The summed E-state index contributed by atoms with van der Waals surface area (Å²) in [4.78, 5) is 40.1. The van der Waals surface area contributed by atoms with E-state index >= 15 is 0 Å². The second-order valence-electron chi connectivity index (χ2n) is 11.0. The fraction of sp³-hybridized carbons (Fsp3) is 0.593. The van der Waals surface area contributed by atoms with Crippen LogP contribution in [0.15, 0.2) is 42.0 Å². The van der Waals surface area contributed by atoms with Crippen molar-refractivity contribution < 1.29 is 19.5 Å². The highest BCUT2D eigenvalue weighted by Gasteiger charge is 2.41. The summed E-state index contributed by atoms with van der Waals surface area (Å²) in [6.45, 7) is 15.1. The van der Waals surface area contributed by atoms with E-state index in [1.54, 1.807) is 25.1 Å². The van der Waals surface area contributed by atoms with Gasteiger partial charge in [-0.3, -0.25) is 9.59 Å². The zero-order chi connectivity index (χ0) is 26.4. The van der Waals surface area contributed by atoms with Gasteiger partial charge < -0.3 is 20.6 Å². The van der Waals surface area contributed by atoms with Crippen LogP contribution < -0.4 is 10.6 Å². The molecule has 0 saturated carbocycles. The van der Waals surface area contributed by atoms with Crippen molar-refractivity contribution in [2.75, 3.05) is 14.1 Å². The number of benzene rings is 1. The SMILES string of the molecule is CNC(C(=O)N[C@H](C(=O)N(C)C(C=C(C)C(=O)O)C(C)C)C(C)(C)C)C(C)(C)c1ccccc1. The Morgan fingerprint density at radius 2 is 1.53 bits per heavy atom.